The summed E-state index contributed by atoms with van der Waals surface area (Å²) >= 11 is 0. The number of methoxy groups -OCH3 is 1. The number of benzene rings is 1. The summed E-state index contributed by atoms with van der Waals surface area (Å²) in [5.41, 5.74) is 2.25. The Morgan fingerprint density at radius 3 is 3.00 bits per heavy atom. The van der Waals surface area contributed by atoms with Gasteiger partial charge in [0.2, 0.25) is 0 Å². The van der Waals surface area contributed by atoms with Crippen LogP contribution in [0.25, 0.3) is 16.5 Å². The van der Waals surface area contributed by atoms with Crippen molar-refractivity contribution in [1.82, 2.24) is 4.98 Å². The second-order valence-electron chi connectivity index (χ2n) is 3.20. The summed E-state index contributed by atoms with van der Waals surface area (Å²) in [6, 6.07) is 7.72. The first-order valence-corrected chi connectivity index (χ1v) is 4.50. The molecule has 0 fully saturated rings. The van der Waals surface area contributed by atoms with Crippen molar-refractivity contribution in [3.05, 3.63) is 36.5 Å². The molecule has 3 heteroatoms. The molecule has 3 nitrogen and oxygen atoms in total. The molecule has 0 saturated heterocycles. The van der Waals surface area contributed by atoms with Crippen molar-refractivity contribution in [3.63, 3.8) is 0 Å². The van der Waals surface area contributed by atoms with Gasteiger partial charge in [-0.05, 0) is 12.1 Å². The fraction of sp³-hybridized carbons (Fsp3) is 0.0833. The molecule has 0 aliphatic carbocycles. The molecule has 0 amide bonds. The molecule has 15 heavy (non-hydrogen) atoms. The number of nitriles is 1. The Hall–Kier alpha value is -2.21. The van der Waals surface area contributed by atoms with Crippen LogP contribution in [0.4, 0.5) is 0 Å². The monoisotopic (exact) mass is 198 g/mol. The van der Waals surface area contributed by atoms with Gasteiger partial charge in [0.25, 0.3) is 0 Å². The number of aromatic amines is 1. The van der Waals surface area contributed by atoms with E-state index >= 15 is 0 Å². The number of hydrogen-bond acceptors (Lipinski definition) is 2. The Labute approximate surface area is 87.6 Å². The SMILES string of the molecule is C=C(C#N)c1c[nH]c2cc(OC)ccc12. The molecule has 0 unspecified atom stereocenters. The number of allylic oxidation sites excluding steroid dienone is 1. The van der Waals surface area contributed by atoms with Crippen molar-refractivity contribution in [1.29, 1.82) is 5.26 Å². The highest BCUT2D eigenvalue weighted by atomic mass is 16.5. The van der Waals surface area contributed by atoms with Crippen molar-refractivity contribution < 1.29 is 4.74 Å². The largest absolute Gasteiger partial charge is 0.497 e. The molecular weight excluding hydrogens is 188 g/mol. The van der Waals surface area contributed by atoms with Crippen LogP contribution in [0.3, 0.4) is 0 Å². The van der Waals surface area contributed by atoms with Crippen molar-refractivity contribution in [2.24, 2.45) is 0 Å². The third kappa shape index (κ3) is 1.46. The Balaban J connectivity index is 2.63. The highest BCUT2D eigenvalue weighted by Crippen LogP contribution is 2.26. The maximum Gasteiger partial charge on any atom is 0.120 e. The predicted octanol–water partition coefficient (Wildman–Crippen LogP) is 2.71. The molecule has 2 rings (SSSR count). The number of rotatable bonds is 2. The molecule has 0 radical (unpaired) electrons. The lowest BCUT2D eigenvalue weighted by atomic mass is 10.1. The zero-order valence-electron chi connectivity index (χ0n) is 8.37. The molecular formula is C12H10N2O. The van der Waals surface area contributed by atoms with Crippen molar-refractivity contribution in [2.45, 2.75) is 0 Å². The van der Waals surface area contributed by atoms with Gasteiger partial charge < -0.3 is 9.72 Å². The molecule has 1 N–H and O–H groups in total. The van der Waals surface area contributed by atoms with Gasteiger partial charge in [0.1, 0.15) is 5.75 Å². The van der Waals surface area contributed by atoms with Gasteiger partial charge in [-0.15, -0.1) is 0 Å². The van der Waals surface area contributed by atoms with E-state index < -0.39 is 0 Å². The lowest BCUT2D eigenvalue weighted by molar-refractivity contribution is 0.415. The van der Waals surface area contributed by atoms with Gasteiger partial charge >= 0.3 is 0 Å². The Bertz CT molecular complexity index is 560. The van der Waals surface area contributed by atoms with Gasteiger partial charge in [0.05, 0.1) is 18.8 Å². The summed E-state index contributed by atoms with van der Waals surface area (Å²) in [5.74, 6) is 0.790. The summed E-state index contributed by atoms with van der Waals surface area (Å²) in [5, 5.41) is 9.77. The van der Waals surface area contributed by atoms with Crippen LogP contribution in [0.1, 0.15) is 5.56 Å². The second kappa shape index (κ2) is 3.50. The van der Waals surface area contributed by atoms with E-state index in [4.69, 9.17) is 10.00 Å². The zero-order valence-corrected chi connectivity index (χ0v) is 8.37. The topological polar surface area (TPSA) is 48.8 Å². The molecule has 2 aromatic rings. The van der Waals surface area contributed by atoms with Crippen LogP contribution in [-0.2, 0) is 0 Å². The molecule has 0 atom stereocenters. The van der Waals surface area contributed by atoms with Crippen LogP contribution in [0, 0.1) is 11.3 Å². The molecule has 1 aromatic carbocycles. The number of hydrogen-bond donors (Lipinski definition) is 1. The molecule has 0 spiro atoms. The van der Waals surface area contributed by atoms with E-state index in [9.17, 15) is 0 Å². The highest BCUT2D eigenvalue weighted by molar-refractivity contribution is 5.95. The first-order valence-electron chi connectivity index (χ1n) is 4.50. The zero-order chi connectivity index (χ0) is 10.8. The summed E-state index contributed by atoms with van der Waals surface area (Å²) in [6.07, 6.45) is 1.79. The third-order valence-corrected chi connectivity index (χ3v) is 2.35. The third-order valence-electron chi connectivity index (χ3n) is 2.35. The van der Waals surface area contributed by atoms with E-state index in [-0.39, 0.29) is 0 Å². The van der Waals surface area contributed by atoms with Gasteiger partial charge in [0, 0.05) is 28.7 Å². The van der Waals surface area contributed by atoms with Crippen molar-refractivity contribution >= 4 is 16.5 Å². The molecule has 0 saturated carbocycles. The Morgan fingerprint density at radius 1 is 1.53 bits per heavy atom. The molecule has 0 aliphatic heterocycles. The van der Waals surface area contributed by atoms with Gasteiger partial charge in [-0.2, -0.15) is 5.26 Å². The van der Waals surface area contributed by atoms with Crippen molar-refractivity contribution in [3.8, 4) is 11.8 Å². The highest BCUT2D eigenvalue weighted by Gasteiger charge is 2.06. The number of H-pyrrole nitrogens is 1. The van der Waals surface area contributed by atoms with E-state index in [0.717, 1.165) is 22.2 Å². The lowest BCUT2D eigenvalue weighted by Crippen LogP contribution is -1.82. The number of nitrogens with one attached hydrogen (secondary N) is 1. The number of nitrogens with zero attached hydrogens (tertiary/aromatic N) is 1. The van der Waals surface area contributed by atoms with Gasteiger partial charge in [0.15, 0.2) is 0 Å². The van der Waals surface area contributed by atoms with E-state index in [0.29, 0.717) is 5.57 Å². The van der Waals surface area contributed by atoms with Crippen LogP contribution >= 0.6 is 0 Å². The Kier molecular flexibility index (Phi) is 2.18. The minimum atomic E-state index is 0.464. The summed E-state index contributed by atoms with van der Waals surface area (Å²) in [6.45, 7) is 3.70. The summed E-state index contributed by atoms with van der Waals surface area (Å²) in [7, 11) is 1.62. The van der Waals surface area contributed by atoms with Crippen LogP contribution in [0.15, 0.2) is 31.0 Å². The first kappa shape index (κ1) is 9.35. The van der Waals surface area contributed by atoms with Crippen LogP contribution < -0.4 is 4.74 Å². The van der Waals surface area contributed by atoms with Gasteiger partial charge in [-0.3, -0.25) is 0 Å². The summed E-state index contributed by atoms with van der Waals surface area (Å²) < 4.78 is 5.11. The average molecular weight is 198 g/mol. The van der Waals surface area contributed by atoms with E-state index in [1.54, 1.807) is 13.3 Å². The number of fused-ring (bicyclic) bond motifs is 1. The average Bonchev–Trinajstić information content (AvgIpc) is 2.70. The Morgan fingerprint density at radius 2 is 2.33 bits per heavy atom. The molecule has 74 valence electrons. The van der Waals surface area contributed by atoms with Crippen LogP contribution in [0.2, 0.25) is 0 Å². The van der Waals surface area contributed by atoms with E-state index in [2.05, 4.69) is 11.6 Å². The summed E-state index contributed by atoms with van der Waals surface area (Å²) in [4.78, 5) is 3.09. The van der Waals surface area contributed by atoms with Crippen LogP contribution in [0.5, 0.6) is 5.75 Å². The molecule has 0 bridgehead atoms. The lowest BCUT2D eigenvalue weighted by Gasteiger charge is -1.99. The van der Waals surface area contributed by atoms with Gasteiger partial charge in [-0.25, -0.2) is 0 Å². The maximum absolute atomic E-state index is 8.78. The maximum atomic E-state index is 8.78. The second-order valence-corrected chi connectivity index (χ2v) is 3.20. The van der Waals surface area contributed by atoms with Gasteiger partial charge in [-0.1, -0.05) is 6.58 Å². The molecule has 1 aromatic heterocycles. The van der Waals surface area contributed by atoms with Crippen LogP contribution in [-0.4, -0.2) is 12.1 Å². The smallest absolute Gasteiger partial charge is 0.120 e. The quantitative estimate of drug-likeness (QED) is 0.754. The standard InChI is InChI=1S/C12H10N2O/c1-8(6-13)11-7-14-12-5-9(15-2)3-4-10(11)12/h3-5,7,14H,1H2,2H3. The van der Waals surface area contributed by atoms with E-state index in [1.165, 1.54) is 0 Å². The van der Waals surface area contributed by atoms with E-state index in [1.807, 2.05) is 24.3 Å². The minimum absolute atomic E-state index is 0.464. The number of aromatic nitrogens is 1. The normalized spacial score (nSPS) is 9.87. The number of ether oxygens (including phenoxy) is 1. The molecule has 1 heterocycles. The predicted molar refractivity (Wildman–Crippen MR) is 59.5 cm³/mol. The first-order chi connectivity index (χ1) is 7.26. The fourth-order valence-corrected chi connectivity index (χ4v) is 1.54. The minimum Gasteiger partial charge on any atom is -0.497 e. The fourth-order valence-electron chi connectivity index (χ4n) is 1.54. The van der Waals surface area contributed by atoms with Crippen molar-refractivity contribution in [2.75, 3.05) is 7.11 Å². The molecule has 0 aliphatic rings.